The Balaban J connectivity index is 2.06. The average Bonchev–Trinajstić information content (AvgIpc) is 3.09. The van der Waals surface area contributed by atoms with Gasteiger partial charge in [-0.2, -0.15) is 0 Å². The zero-order valence-corrected chi connectivity index (χ0v) is 18.6. The molecule has 0 atom stereocenters. The van der Waals surface area contributed by atoms with E-state index in [1.807, 2.05) is 0 Å². The van der Waals surface area contributed by atoms with Crippen LogP contribution in [0.2, 0.25) is 0 Å². The van der Waals surface area contributed by atoms with Crippen LogP contribution in [0.5, 0.6) is 0 Å². The van der Waals surface area contributed by atoms with Crippen molar-refractivity contribution in [3.63, 3.8) is 0 Å². The molecule has 4 aromatic carbocycles. The third kappa shape index (κ3) is 2.76. The minimum Gasteiger partial charge on any atom is -0.377 e. The fraction of sp³-hybridized carbons (Fsp3) is 0.241. The maximum Gasteiger partial charge on any atom is 0.0444 e. The van der Waals surface area contributed by atoms with Crippen molar-refractivity contribution < 1.29 is 0 Å². The SMILES string of the molecule is CN(C)c1cccc2c(-c3ccccc3)c3c(c(C(C)(C)C)c12)-c1ccccc1C3. The van der Waals surface area contributed by atoms with Crippen molar-refractivity contribution in [1.29, 1.82) is 0 Å². The maximum atomic E-state index is 2.36. The summed E-state index contributed by atoms with van der Waals surface area (Å²) in [6.45, 7) is 7.08. The van der Waals surface area contributed by atoms with Gasteiger partial charge >= 0.3 is 0 Å². The summed E-state index contributed by atoms with van der Waals surface area (Å²) in [5.74, 6) is 0. The van der Waals surface area contributed by atoms with Gasteiger partial charge in [-0.25, -0.2) is 0 Å². The molecule has 0 heterocycles. The molecule has 0 fully saturated rings. The van der Waals surface area contributed by atoms with Crippen LogP contribution >= 0.6 is 0 Å². The second-order valence-corrected chi connectivity index (χ2v) is 9.65. The third-order valence-electron chi connectivity index (χ3n) is 6.36. The first-order valence-electron chi connectivity index (χ1n) is 10.8. The van der Waals surface area contributed by atoms with Crippen molar-refractivity contribution in [1.82, 2.24) is 0 Å². The smallest absolute Gasteiger partial charge is 0.0444 e. The van der Waals surface area contributed by atoms with Gasteiger partial charge in [0.15, 0.2) is 0 Å². The van der Waals surface area contributed by atoms with Crippen LogP contribution in [0.4, 0.5) is 5.69 Å². The lowest BCUT2D eigenvalue weighted by Gasteiger charge is -2.30. The van der Waals surface area contributed by atoms with E-state index in [0.29, 0.717) is 0 Å². The molecule has 0 amide bonds. The van der Waals surface area contributed by atoms with Gasteiger partial charge in [-0.15, -0.1) is 0 Å². The van der Waals surface area contributed by atoms with E-state index in [4.69, 9.17) is 0 Å². The van der Waals surface area contributed by atoms with E-state index in [2.05, 4.69) is 113 Å². The summed E-state index contributed by atoms with van der Waals surface area (Å²) in [6.07, 6.45) is 1.00. The van der Waals surface area contributed by atoms with Gasteiger partial charge < -0.3 is 4.90 Å². The van der Waals surface area contributed by atoms with Crippen molar-refractivity contribution in [3.05, 3.63) is 89.5 Å². The van der Waals surface area contributed by atoms with Crippen LogP contribution in [-0.4, -0.2) is 14.1 Å². The van der Waals surface area contributed by atoms with Crippen LogP contribution in [0.15, 0.2) is 72.8 Å². The molecule has 150 valence electrons. The van der Waals surface area contributed by atoms with Gasteiger partial charge in [-0.05, 0) is 62.2 Å². The van der Waals surface area contributed by atoms with Crippen molar-refractivity contribution >= 4 is 16.5 Å². The Morgan fingerprint density at radius 1 is 0.733 bits per heavy atom. The highest BCUT2D eigenvalue weighted by atomic mass is 15.1. The topological polar surface area (TPSA) is 3.24 Å². The first-order chi connectivity index (χ1) is 14.4. The molecule has 0 aromatic heterocycles. The summed E-state index contributed by atoms with van der Waals surface area (Å²) in [7, 11) is 4.31. The number of hydrogen-bond acceptors (Lipinski definition) is 1. The van der Waals surface area contributed by atoms with E-state index in [1.165, 1.54) is 55.4 Å². The van der Waals surface area contributed by atoms with E-state index in [0.717, 1.165) is 6.42 Å². The maximum absolute atomic E-state index is 2.36. The van der Waals surface area contributed by atoms with Crippen LogP contribution in [0.3, 0.4) is 0 Å². The predicted molar refractivity (Wildman–Crippen MR) is 131 cm³/mol. The summed E-state index contributed by atoms with van der Waals surface area (Å²) in [6, 6.07) is 26.7. The number of benzene rings is 4. The third-order valence-corrected chi connectivity index (χ3v) is 6.36. The molecule has 5 rings (SSSR count). The van der Waals surface area contributed by atoms with Gasteiger partial charge in [-0.1, -0.05) is 87.5 Å². The number of fused-ring (bicyclic) bond motifs is 4. The van der Waals surface area contributed by atoms with Gasteiger partial charge in [-0.3, -0.25) is 0 Å². The fourth-order valence-corrected chi connectivity index (χ4v) is 5.21. The van der Waals surface area contributed by atoms with Crippen molar-refractivity contribution in [3.8, 4) is 22.3 Å². The zero-order valence-electron chi connectivity index (χ0n) is 18.6. The second kappa shape index (κ2) is 6.74. The van der Waals surface area contributed by atoms with E-state index < -0.39 is 0 Å². The average molecular weight is 392 g/mol. The Labute approximate surface area is 180 Å². The highest BCUT2D eigenvalue weighted by molar-refractivity contribution is 6.12. The minimum atomic E-state index is 0.0289. The summed E-state index contributed by atoms with van der Waals surface area (Å²) >= 11 is 0. The Morgan fingerprint density at radius 3 is 2.13 bits per heavy atom. The van der Waals surface area contributed by atoms with Gasteiger partial charge in [0.05, 0.1) is 0 Å². The normalized spacial score (nSPS) is 12.7. The molecule has 1 heteroatoms. The minimum absolute atomic E-state index is 0.0289. The quantitative estimate of drug-likeness (QED) is 0.302. The van der Waals surface area contributed by atoms with Crippen LogP contribution in [0.1, 0.15) is 37.5 Å². The second-order valence-electron chi connectivity index (χ2n) is 9.65. The largest absolute Gasteiger partial charge is 0.377 e. The molecule has 1 aliphatic carbocycles. The molecule has 0 saturated carbocycles. The fourth-order valence-electron chi connectivity index (χ4n) is 5.21. The first kappa shape index (κ1) is 18.9. The molecule has 0 N–H and O–H groups in total. The van der Waals surface area contributed by atoms with Crippen molar-refractivity contribution in [2.45, 2.75) is 32.6 Å². The molecule has 0 saturated heterocycles. The molecule has 1 nitrogen and oxygen atoms in total. The zero-order chi connectivity index (χ0) is 21.0. The molecule has 0 unspecified atom stereocenters. The number of rotatable bonds is 2. The lowest BCUT2D eigenvalue weighted by atomic mass is 9.75. The van der Waals surface area contributed by atoms with Crippen LogP contribution < -0.4 is 4.90 Å². The summed E-state index contributed by atoms with van der Waals surface area (Å²) < 4.78 is 0. The summed E-state index contributed by atoms with van der Waals surface area (Å²) in [4.78, 5) is 2.26. The van der Waals surface area contributed by atoms with Crippen LogP contribution in [-0.2, 0) is 11.8 Å². The molecule has 0 bridgehead atoms. The van der Waals surface area contributed by atoms with E-state index in [-0.39, 0.29) is 5.41 Å². The van der Waals surface area contributed by atoms with Gasteiger partial charge in [0.2, 0.25) is 0 Å². The monoisotopic (exact) mass is 391 g/mol. The lowest BCUT2D eigenvalue weighted by Crippen LogP contribution is -2.17. The number of anilines is 1. The Hall–Kier alpha value is -3.06. The molecule has 0 radical (unpaired) electrons. The van der Waals surface area contributed by atoms with E-state index in [1.54, 1.807) is 0 Å². The molecule has 0 spiro atoms. The highest BCUT2D eigenvalue weighted by Crippen LogP contribution is 2.52. The van der Waals surface area contributed by atoms with Gasteiger partial charge in [0, 0.05) is 25.2 Å². The highest BCUT2D eigenvalue weighted by Gasteiger charge is 2.33. The van der Waals surface area contributed by atoms with E-state index >= 15 is 0 Å². The number of nitrogens with zero attached hydrogens (tertiary/aromatic N) is 1. The Bertz CT molecular complexity index is 1260. The molecular weight excluding hydrogens is 362 g/mol. The molecule has 0 aliphatic heterocycles. The Morgan fingerprint density at radius 2 is 1.43 bits per heavy atom. The Kier molecular flexibility index (Phi) is 4.25. The van der Waals surface area contributed by atoms with Crippen LogP contribution in [0, 0.1) is 0 Å². The molecule has 4 aromatic rings. The van der Waals surface area contributed by atoms with Gasteiger partial charge in [0.25, 0.3) is 0 Å². The van der Waals surface area contributed by atoms with E-state index in [9.17, 15) is 0 Å². The summed E-state index contributed by atoms with van der Waals surface area (Å²) in [5, 5.41) is 2.76. The molecule has 1 aliphatic rings. The van der Waals surface area contributed by atoms with Gasteiger partial charge in [0.1, 0.15) is 0 Å². The van der Waals surface area contributed by atoms with Crippen molar-refractivity contribution in [2.75, 3.05) is 19.0 Å². The standard InChI is InChI=1S/C29H29N/c1-29(2,3)28-26-21-15-10-9-14-20(21)18-23(26)25(19-12-7-6-8-13-19)22-16-11-17-24(27(22)28)30(4)5/h6-17H,18H2,1-5H3. The summed E-state index contributed by atoms with van der Waals surface area (Å²) in [5.41, 5.74) is 11.3. The lowest BCUT2D eigenvalue weighted by molar-refractivity contribution is 0.597. The molecule has 30 heavy (non-hydrogen) atoms. The van der Waals surface area contributed by atoms with Crippen LogP contribution in [0.25, 0.3) is 33.0 Å². The first-order valence-corrected chi connectivity index (χ1v) is 10.8. The molecular formula is C29H29N. The van der Waals surface area contributed by atoms with Crippen molar-refractivity contribution in [2.24, 2.45) is 0 Å². The number of hydrogen-bond donors (Lipinski definition) is 0. The predicted octanol–water partition coefficient (Wildman–Crippen LogP) is 7.44.